The molecule has 0 saturated heterocycles. The van der Waals surface area contributed by atoms with Crippen molar-refractivity contribution in [2.24, 2.45) is 0 Å². The van der Waals surface area contributed by atoms with E-state index in [2.05, 4.69) is 4.98 Å². The molecule has 0 aliphatic heterocycles. The molecule has 2 aromatic heterocycles. The summed E-state index contributed by atoms with van der Waals surface area (Å²) in [6, 6.07) is 5.30. The van der Waals surface area contributed by atoms with Gasteiger partial charge in [-0.2, -0.15) is 0 Å². The van der Waals surface area contributed by atoms with E-state index in [4.69, 9.17) is 9.84 Å². The normalized spacial score (nSPS) is 10.0. The number of carboxylic acids is 1. The van der Waals surface area contributed by atoms with E-state index in [0.717, 1.165) is 0 Å². The number of hydrogen-bond donors (Lipinski definition) is 1. The van der Waals surface area contributed by atoms with Gasteiger partial charge < -0.3 is 9.84 Å². The molecule has 1 N–H and O–H groups in total. The van der Waals surface area contributed by atoms with E-state index in [1.54, 1.807) is 36.0 Å². The molecule has 2 aromatic rings. The van der Waals surface area contributed by atoms with Crippen LogP contribution in [0, 0.1) is 0 Å². The summed E-state index contributed by atoms with van der Waals surface area (Å²) in [6.07, 6.45) is 3.24. The van der Waals surface area contributed by atoms with Crippen molar-refractivity contribution in [2.45, 2.75) is 6.61 Å². The first-order chi connectivity index (χ1) is 7.77. The van der Waals surface area contributed by atoms with Gasteiger partial charge in [0, 0.05) is 11.8 Å². The van der Waals surface area contributed by atoms with Gasteiger partial charge in [0.05, 0.1) is 6.20 Å². The highest BCUT2D eigenvalue weighted by Gasteiger charge is 2.11. The van der Waals surface area contributed by atoms with Crippen LogP contribution in [0.2, 0.25) is 0 Å². The molecule has 0 aliphatic carbocycles. The smallest absolute Gasteiger partial charge is 0.346 e. The minimum Gasteiger partial charge on any atom is -0.487 e. The maximum Gasteiger partial charge on any atom is 0.346 e. The highest BCUT2D eigenvalue weighted by Crippen LogP contribution is 2.19. The lowest BCUT2D eigenvalue weighted by molar-refractivity contribution is 0.0699. The molecule has 0 atom stereocenters. The molecule has 0 amide bonds. The van der Waals surface area contributed by atoms with Crippen molar-refractivity contribution in [1.29, 1.82) is 0 Å². The molecule has 0 bridgehead atoms. The minimum absolute atomic E-state index is 0.247. The summed E-state index contributed by atoms with van der Waals surface area (Å²) in [5.41, 5.74) is 0.682. The second-order valence-electron chi connectivity index (χ2n) is 3.06. The summed E-state index contributed by atoms with van der Waals surface area (Å²) < 4.78 is 5.42. The number of rotatable bonds is 4. The van der Waals surface area contributed by atoms with Crippen molar-refractivity contribution < 1.29 is 14.6 Å². The van der Waals surface area contributed by atoms with Crippen LogP contribution in [0.5, 0.6) is 5.75 Å². The lowest BCUT2D eigenvalue weighted by atomic mass is 10.3. The fourth-order valence-corrected chi connectivity index (χ4v) is 1.98. The summed E-state index contributed by atoms with van der Waals surface area (Å²) in [5, 5.41) is 10.6. The molecule has 0 radical (unpaired) electrons. The van der Waals surface area contributed by atoms with E-state index >= 15 is 0 Å². The zero-order valence-corrected chi connectivity index (χ0v) is 9.11. The molecule has 0 fully saturated rings. The second-order valence-corrected chi connectivity index (χ2v) is 3.97. The monoisotopic (exact) mass is 235 g/mol. The third-order valence-electron chi connectivity index (χ3n) is 1.97. The van der Waals surface area contributed by atoms with Crippen LogP contribution in [0.15, 0.2) is 36.0 Å². The van der Waals surface area contributed by atoms with Crippen LogP contribution in [0.4, 0.5) is 0 Å². The fraction of sp³-hybridized carbons (Fsp3) is 0.0909. The van der Waals surface area contributed by atoms with Crippen LogP contribution in [0.25, 0.3) is 0 Å². The molecule has 0 saturated carbocycles. The number of carboxylic acid groups (broad SMARTS) is 1. The van der Waals surface area contributed by atoms with Crippen molar-refractivity contribution in [3.05, 3.63) is 46.4 Å². The number of thiophene rings is 1. The van der Waals surface area contributed by atoms with Crippen LogP contribution in [0.1, 0.15) is 15.2 Å². The highest BCUT2D eigenvalue weighted by atomic mass is 32.1. The number of ether oxygens (including phenoxy) is 1. The van der Waals surface area contributed by atoms with Gasteiger partial charge in [0.15, 0.2) is 0 Å². The Morgan fingerprint density at radius 1 is 1.50 bits per heavy atom. The molecule has 0 unspecified atom stereocenters. The van der Waals surface area contributed by atoms with Gasteiger partial charge in [-0.15, -0.1) is 11.3 Å². The first kappa shape index (κ1) is 10.6. The molecule has 16 heavy (non-hydrogen) atoms. The Balaban J connectivity index is 2.05. The minimum atomic E-state index is -0.917. The molecule has 2 heterocycles. The molecule has 0 aromatic carbocycles. The third-order valence-corrected chi connectivity index (χ3v) is 2.91. The average molecular weight is 235 g/mol. The lowest BCUT2D eigenvalue weighted by Crippen LogP contribution is -2.01. The number of aromatic nitrogens is 1. The standard InChI is InChI=1S/C11H9NO3S/c13-11(14)10-8(3-5-16-10)7-15-9-2-1-4-12-6-9/h1-6H,7H2,(H,13,14). The summed E-state index contributed by atoms with van der Waals surface area (Å²) in [7, 11) is 0. The van der Waals surface area contributed by atoms with E-state index < -0.39 is 5.97 Å². The average Bonchev–Trinajstić information content (AvgIpc) is 2.76. The Hall–Kier alpha value is -1.88. The number of carbonyl (C=O) groups is 1. The molecule has 5 heteroatoms. The summed E-state index contributed by atoms with van der Waals surface area (Å²) in [5.74, 6) is -0.287. The number of nitrogens with zero attached hydrogens (tertiary/aromatic N) is 1. The summed E-state index contributed by atoms with van der Waals surface area (Å²) in [4.78, 5) is 15.1. The molecule has 0 aliphatic rings. The Labute approximate surface area is 96.1 Å². The van der Waals surface area contributed by atoms with Gasteiger partial charge in [-0.25, -0.2) is 4.79 Å². The van der Waals surface area contributed by atoms with Gasteiger partial charge in [0.2, 0.25) is 0 Å². The maximum absolute atomic E-state index is 10.8. The van der Waals surface area contributed by atoms with E-state index in [1.165, 1.54) is 11.3 Å². The van der Waals surface area contributed by atoms with Gasteiger partial charge in [0.1, 0.15) is 17.2 Å². The largest absolute Gasteiger partial charge is 0.487 e. The number of pyridine rings is 1. The molecular formula is C11H9NO3S. The molecule has 2 rings (SSSR count). The van der Waals surface area contributed by atoms with Crippen molar-refractivity contribution in [2.75, 3.05) is 0 Å². The van der Waals surface area contributed by atoms with Gasteiger partial charge in [-0.1, -0.05) is 0 Å². The van der Waals surface area contributed by atoms with Crippen molar-refractivity contribution in [3.63, 3.8) is 0 Å². The Morgan fingerprint density at radius 3 is 3.06 bits per heavy atom. The first-order valence-corrected chi connectivity index (χ1v) is 5.48. The van der Waals surface area contributed by atoms with Crippen LogP contribution in [-0.2, 0) is 6.61 Å². The van der Waals surface area contributed by atoms with Crippen LogP contribution < -0.4 is 4.74 Å². The zero-order chi connectivity index (χ0) is 11.4. The maximum atomic E-state index is 10.8. The van der Waals surface area contributed by atoms with Gasteiger partial charge in [0.25, 0.3) is 0 Å². The predicted molar refractivity (Wildman–Crippen MR) is 59.8 cm³/mol. The van der Waals surface area contributed by atoms with E-state index in [0.29, 0.717) is 16.2 Å². The molecular weight excluding hydrogens is 226 g/mol. The first-order valence-electron chi connectivity index (χ1n) is 4.60. The summed E-state index contributed by atoms with van der Waals surface area (Å²) >= 11 is 1.20. The molecule has 0 spiro atoms. The fourth-order valence-electron chi connectivity index (χ4n) is 1.23. The van der Waals surface area contributed by atoms with Crippen LogP contribution in [0.3, 0.4) is 0 Å². The topological polar surface area (TPSA) is 59.4 Å². The molecule has 82 valence electrons. The van der Waals surface area contributed by atoms with Crippen molar-refractivity contribution >= 4 is 17.3 Å². The van der Waals surface area contributed by atoms with E-state index in [-0.39, 0.29) is 6.61 Å². The van der Waals surface area contributed by atoms with Crippen molar-refractivity contribution in [3.8, 4) is 5.75 Å². The Kier molecular flexibility index (Phi) is 3.16. The van der Waals surface area contributed by atoms with E-state index in [1.807, 2.05) is 0 Å². The second kappa shape index (κ2) is 4.76. The number of hydrogen-bond acceptors (Lipinski definition) is 4. The van der Waals surface area contributed by atoms with Crippen molar-refractivity contribution in [1.82, 2.24) is 4.98 Å². The lowest BCUT2D eigenvalue weighted by Gasteiger charge is -2.04. The highest BCUT2D eigenvalue weighted by molar-refractivity contribution is 7.12. The Bertz CT molecular complexity index is 481. The van der Waals surface area contributed by atoms with Crippen LogP contribution >= 0.6 is 11.3 Å². The van der Waals surface area contributed by atoms with Gasteiger partial charge in [-0.3, -0.25) is 4.98 Å². The van der Waals surface area contributed by atoms with Gasteiger partial charge in [-0.05, 0) is 23.6 Å². The van der Waals surface area contributed by atoms with Gasteiger partial charge >= 0.3 is 5.97 Å². The van der Waals surface area contributed by atoms with Crippen LogP contribution in [-0.4, -0.2) is 16.1 Å². The third kappa shape index (κ3) is 2.38. The predicted octanol–water partition coefficient (Wildman–Crippen LogP) is 2.42. The summed E-state index contributed by atoms with van der Waals surface area (Å²) in [6.45, 7) is 0.247. The molecule has 4 nitrogen and oxygen atoms in total. The quantitative estimate of drug-likeness (QED) is 0.884. The van der Waals surface area contributed by atoms with E-state index in [9.17, 15) is 4.79 Å². The SMILES string of the molecule is O=C(O)c1sccc1COc1cccnc1. The Morgan fingerprint density at radius 2 is 2.38 bits per heavy atom. The number of aromatic carboxylic acids is 1. The zero-order valence-electron chi connectivity index (χ0n) is 8.29.